The summed E-state index contributed by atoms with van der Waals surface area (Å²) >= 11 is 0. The topological polar surface area (TPSA) is 120 Å². The molecule has 1 aromatic carbocycles. The molecule has 1 aromatic heterocycles. The minimum Gasteiger partial charge on any atom is -0.619 e. The largest absolute Gasteiger partial charge is 0.619 e. The molecule has 1 amide bonds. The molecule has 0 saturated carbocycles. The van der Waals surface area contributed by atoms with E-state index in [2.05, 4.69) is 5.32 Å². The Morgan fingerprint density at radius 3 is 2.21 bits per heavy atom. The lowest BCUT2D eigenvalue weighted by Crippen LogP contribution is -2.30. The van der Waals surface area contributed by atoms with E-state index in [-0.39, 0.29) is 17.0 Å². The molecule has 156 valence electrons. The number of amides is 1. The van der Waals surface area contributed by atoms with Crippen molar-refractivity contribution in [1.29, 1.82) is 0 Å². The predicted octanol–water partition coefficient (Wildman–Crippen LogP) is 0.824. The van der Waals surface area contributed by atoms with Crippen molar-refractivity contribution in [3.05, 3.63) is 65.1 Å². The molecule has 2 aromatic rings. The van der Waals surface area contributed by atoms with E-state index in [0.717, 1.165) is 12.4 Å². The van der Waals surface area contributed by atoms with Gasteiger partial charge >= 0.3 is 5.97 Å². The maximum absolute atomic E-state index is 12.4. The molecule has 2 rings (SSSR count). The van der Waals surface area contributed by atoms with Crippen LogP contribution < -0.4 is 10.0 Å². The fraction of sp³-hybridized carbons (Fsp3) is 0.316. The van der Waals surface area contributed by atoms with Gasteiger partial charge < -0.3 is 15.3 Å². The summed E-state index contributed by atoms with van der Waals surface area (Å²) in [5.41, 5.74) is 0.862. The summed E-state index contributed by atoms with van der Waals surface area (Å²) in [6.45, 7) is 4.00. The summed E-state index contributed by atoms with van der Waals surface area (Å²) in [6.07, 6.45) is 2.31. The van der Waals surface area contributed by atoms with Gasteiger partial charge in [0.2, 0.25) is 10.0 Å². The molecule has 0 atom stereocenters. The van der Waals surface area contributed by atoms with Crippen LogP contribution in [0.4, 0.5) is 0 Å². The van der Waals surface area contributed by atoms with Gasteiger partial charge in [0.15, 0.2) is 19.0 Å². The number of benzene rings is 1. The zero-order valence-corrected chi connectivity index (χ0v) is 17.0. The van der Waals surface area contributed by atoms with E-state index in [4.69, 9.17) is 4.74 Å². The Labute approximate surface area is 169 Å². The van der Waals surface area contributed by atoms with Crippen LogP contribution >= 0.6 is 0 Å². The van der Waals surface area contributed by atoms with E-state index in [1.807, 2.05) is 0 Å². The molecular formula is C19H23N3O6S. The van der Waals surface area contributed by atoms with Crippen molar-refractivity contribution in [2.45, 2.75) is 25.3 Å². The molecule has 0 spiro atoms. The number of hydrogen-bond donors (Lipinski definition) is 1. The van der Waals surface area contributed by atoms with Gasteiger partial charge in [0, 0.05) is 31.8 Å². The third-order valence-corrected chi connectivity index (χ3v) is 6.19. The second kappa shape index (κ2) is 9.99. The Morgan fingerprint density at radius 1 is 1.07 bits per heavy atom. The monoisotopic (exact) mass is 421 g/mol. The van der Waals surface area contributed by atoms with Gasteiger partial charge in [-0.2, -0.15) is 9.04 Å². The number of ether oxygens (including phenoxy) is 1. The normalized spacial score (nSPS) is 11.3. The van der Waals surface area contributed by atoms with Crippen molar-refractivity contribution in [3.8, 4) is 0 Å². The highest BCUT2D eigenvalue weighted by Gasteiger charge is 2.21. The number of hydrogen-bond acceptors (Lipinski definition) is 6. The second-order valence-corrected chi connectivity index (χ2v) is 7.97. The summed E-state index contributed by atoms with van der Waals surface area (Å²) in [5.74, 6) is -1.22. The lowest BCUT2D eigenvalue weighted by atomic mass is 10.2. The van der Waals surface area contributed by atoms with Gasteiger partial charge in [0.25, 0.3) is 5.91 Å². The number of carbonyl (C=O) groups is 2. The summed E-state index contributed by atoms with van der Waals surface area (Å²) in [6, 6.07) is 8.80. The first-order chi connectivity index (χ1) is 13.8. The molecule has 0 radical (unpaired) electrons. The zero-order chi connectivity index (χ0) is 21.4. The highest BCUT2D eigenvalue weighted by Crippen LogP contribution is 2.16. The maximum atomic E-state index is 12.4. The highest BCUT2D eigenvalue weighted by molar-refractivity contribution is 7.89. The molecule has 0 aliphatic carbocycles. The molecule has 0 aliphatic heterocycles. The minimum atomic E-state index is -3.53. The molecule has 0 saturated heterocycles. The molecule has 1 heterocycles. The number of carbonyl (C=O) groups excluding carboxylic acids is 2. The van der Waals surface area contributed by atoms with Gasteiger partial charge in [0.1, 0.15) is 0 Å². The standard InChI is InChI=1S/C19H23N3O6S/c1-3-22(4-2)29(26,27)17-7-5-15(6-8-17)13-20-18(23)14-28-19(24)16-9-11-21(25)12-10-16/h5-12H,3-4,13-14H2,1-2H3,(H,20,23). The molecule has 29 heavy (non-hydrogen) atoms. The maximum Gasteiger partial charge on any atom is 0.339 e. The van der Waals surface area contributed by atoms with Crippen molar-refractivity contribution < 1.29 is 27.5 Å². The Kier molecular flexibility index (Phi) is 7.68. The molecule has 0 aliphatic rings. The Hall–Kier alpha value is -2.98. The van der Waals surface area contributed by atoms with Crippen molar-refractivity contribution in [2.24, 2.45) is 0 Å². The molecule has 0 fully saturated rings. The van der Waals surface area contributed by atoms with Crippen LogP contribution in [0.15, 0.2) is 53.7 Å². The fourth-order valence-corrected chi connectivity index (χ4v) is 3.96. The molecule has 10 heteroatoms. The number of aromatic nitrogens is 1. The number of nitrogens with one attached hydrogen (secondary N) is 1. The Balaban J connectivity index is 1.86. The average Bonchev–Trinajstić information content (AvgIpc) is 2.72. The second-order valence-electron chi connectivity index (χ2n) is 6.03. The van der Waals surface area contributed by atoms with Crippen LogP contribution in [0.2, 0.25) is 0 Å². The van der Waals surface area contributed by atoms with Gasteiger partial charge in [-0.1, -0.05) is 26.0 Å². The fourth-order valence-electron chi connectivity index (χ4n) is 2.51. The van der Waals surface area contributed by atoms with Crippen molar-refractivity contribution in [1.82, 2.24) is 9.62 Å². The molecule has 9 nitrogen and oxygen atoms in total. The average molecular weight is 421 g/mol. The summed E-state index contributed by atoms with van der Waals surface area (Å²) < 4.78 is 31.7. The van der Waals surface area contributed by atoms with Crippen LogP contribution in [0.3, 0.4) is 0 Å². The van der Waals surface area contributed by atoms with E-state index in [1.54, 1.807) is 26.0 Å². The summed E-state index contributed by atoms with van der Waals surface area (Å²) in [4.78, 5) is 23.8. The van der Waals surface area contributed by atoms with Crippen molar-refractivity contribution in [2.75, 3.05) is 19.7 Å². The van der Waals surface area contributed by atoms with E-state index < -0.39 is 28.5 Å². The minimum absolute atomic E-state index is 0.156. The Morgan fingerprint density at radius 2 is 1.66 bits per heavy atom. The van der Waals surface area contributed by atoms with Gasteiger partial charge in [-0.05, 0) is 17.7 Å². The van der Waals surface area contributed by atoms with Gasteiger partial charge in [-0.15, -0.1) is 0 Å². The van der Waals surface area contributed by atoms with E-state index in [0.29, 0.717) is 23.4 Å². The van der Waals surface area contributed by atoms with Crippen LogP contribution in [0.5, 0.6) is 0 Å². The van der Waals surface area contributed by atoms with Gasteiger partial charge in [-0.3, -0.25) is 4.79 Å². The number of esters is 1. The van der Waals surface area contributed by atoms with Crippen LogP contribution in [-0.4, -0.2) is 44.3 Å². The highest BCUT2D eigenvalue weighted by atomic mass is 32.2. The molecule has 0 bridgehead atoms. The SMILES string of the molecule is CCN(CC)S(=O)(=O)c1ccc(CNC(=O)COC(=O)c2cc[n+]([O-])cc2)cc1. The van der Waals surface area contributed by atoms with E-state index in [1.165, 1.54) is 28.6 Å². The van der Waals surface area contributed by atoms with Crippen molar-refractivity contribution >= 4 is 21.9 Å². The van der Waals surface area contributed by atoms with Gasteiger partial charge in [0.05, 0.1) is 10.5 Å². The van der Waals surface area contributed by atoms with Crippen LogP contribution in [0, 0.1) is 5.21 Å². The quantitative estimate of drug-likeness (QED) is 0.364. The number of nitrogens with zero attached hydrogens (tertiary/aromatic N) is 2. The number of pyridine rings is 1. The lowest BCUT2D eigenvalue weighted by Gasteiger charge is -2.18. The number of rotatable bonds is 9. The van der Waals surface area contributed by atoms with Crippen molar-refractivity contribution in [3.63, 3.8) is 0 Å². The third-order valence-electron chi connectivity index (χ3n) is 4.13. The first kappa shape index (κ1) is 22.3. The summed E-state index contributed by atoms with van der Waals surface area (Å²) in [7, 11) is -3.53. The lowest BCUT2D eigenvalue weighted by molar-refractivity contribution is -0.605. The van der Waals surface area contributed by atoms with E-state index >= 15 is 0 Å². The first-order valence-electron chi connectivity index (χ1n) is 8.99. The zero-order valence-electron chi connectivity index (χ0n) is 16.2. The summed E-state index contributed by atoms with van der Waals surface area (Å²) in [5, 5.41) is 13.5. The molecule has 0 unspecified atom stereocenters. The van der Waals surface area contributed by atoms with E-state index in [9.17, 15) is 23.2 Å². The van der Waals surface area contributed by atoms with Crippen LogP contribution in [-0.2, 0) is 26.1 Å². The van der Waals surface area contributed by atoms with Crippen LogP contribution in [0.25, 0.3) is 0 Å². The molecule has 1 N–H and O–H groups in total. The third kappa shape index (κ3) is 6.00. The Bertz CT molecular complexity index is 939. The number of sulfonamides is 1. The first-order valence-corrected chi connectivity index (χ1v) is 10.4. The molecular weight excluding hydrogens is 398 g/mol. The van der Waals surface area contributed by atoms with Gasteiger partial charge in [-0.25, -0.2) is 13.2 Å². The predicted molar refractivity (Wildman–Crippen MR) is 104 cm³/mol. The van der Waals surface area contributed by atoms with Crippen LogP contribution in [0.1, 0.15) is 29.8 Å². The smallest absolute Gasteiger partial charge is 0.339 e.